The fourth-order valence-corrected chi connectivity index (χ4v) is 3.64. The molecule has 8 heteroatoms. The summed E-state index contributed by atoms with van der Waals surface area (Å²) in [5.41, 5.74) is 0.917. The average molecular weight is 414 g/mol. The zero-order valence-corrected chi connectivity index (χ0v) is 16.5. The lowest BCUT2D eigenvalue weighted by atomic mass is 10.1. The zero-order chi connectivity index (χ0) is 17.6. The number of nitrogens with one attached hydrogen (secondary N) is 2. The molecular formula is C18H21Cl2N3O2S. The van der Waals surface area contributed by atoms with Crippen molar-refractivity contribution in [2.45, 2.75) is 25.6 Å². The lowest BCUT2D eigenvalue weighted by Crippen LogP contribution is -2.55. The van der Waals surface area contributed by atoms with Crippen molar-refractivity contribution in [2.24, 2.45) is 0 Å². The molecule has 1 aromatic carbocycles. The molecule has 0 saturated carbocycles. The maximum absolute atomic E-state index is 12.7. The third-order valence-corrected chi connectivity index (χ3v) is 5.38. The number of hydrogen-bond donors (Lipinski definition) is 2. The van der Waals surface area contributed by atoms with Crippen LogP contribution in [0, 0.1) is 0 Å². The van der Waals surface area contributed by atoms with Gasteiger partial charge < -0.3 is 15.5 Å². The topological polar surface area (TPSA) is 61.4 Å². The first-order valence-corrected chi connectivity index (χ1v) is 9.44. The minimum absolute atomic E-state index is 0. The molecule has 0 spiro atoms. The van der Waals surface area contributed by atoms with Crippen molar-refractivity contribution in [3.63, 3.8) is 0 Å². The highest BCUT2D eigenvalue weighted by molar-refractivity contribution is 7.09. The second kappa shape index (κ2) is 9.92. The fourth-order valence-electron chi connectivity index (χ4n) is 2.80. The Morgan fingerprint density at radius 3 is 2.85 bits per heavy atom. The van der Waals surface area contributed by atoms with Gasteiger partial charge in [0.1, 0.15) is 0 Å². The quantitative estimate of drug-likeness (QED) is 0.764. The molecule has 1 fully saturated rings. The van der Waals surface area contributed by atoms with Crippen molar-refractivity contribution in [2.75, 3.05) is 13.1 Å². The van der Waals surface area contributed by atoms with Gasteiger partial charge in [0.15, 0.2) is 0 Å². The molecule has 1 aliphatic rings. The maximum atomic E-state index is 12.7. The van der Waals surface area contributed by atoms with Gasteiger partial charge in [0.25, 0.3) is 0 Å². The first-order chi connectivity index (χ1) is 12.1. The van der Waals surface area contributed by atoms with Gasteiger partial charge in [0.2, 0.25) is 11.8 Å². The minimum Gasteiger partial charge on any atom is -0.351 e. The summed E-state index contributed by atoms with van der Waals surface area (Å²) in [4.78, 5) is 27.6. The summed E-state index contributed by atoms with van der Waals surface area (Å²) < 4.78 is 0. The molecular weight excluding hydrogens is 393 g/mol. The average Bonchev–Trinajstić information content (AvgIpc) is 3.12. The van der Waals surface area contributed by atoms with Crippen LogP contribution in [-0.2, 0) is 22.7 Å². The van der Waals surface area contributed by atoms with Crippen molar-refractivity contribution in [1.29, 1.82) is 0 Å². The van der Waals surface area contributed by atoms with Crippen LogP contribution < -0.4 is 10.6 Å². The summed E-state index contributed by atoms with van der Waals surface area (Å²) in [6, 6.07) is 10.9. The monoisotopic (exact) mass is 413 g/mol. The molecule has 0 aliphatic carbocycles. The highest BCUT2D eigenvalue weighted by atomic mass is 35.5. The summed E-state index contributed by atoms with van der Waals surface area (Å²) in [6.07, 6.45) is 0.142. The highest BCUT2D eigenvalue weighted by Crippen LogP contribution is 2.18. The van der Waals surface area contributed by atoms with E-state index >= 15 is 0 Å². The number of rotatable bonds is 6. The van der Waals surface area contributed by atoms with Crippen molar-refractivity contribution in [1.82, 2.24) is 15.5 Å². The summed E-state index contributed by atoms with van der Waals surface area (Å²) in [5, 5.41) is 8.63. The molecule has 2 heterocycles. The van der Waals surface area contributed by atoms with Crippen LogP contribution in [0.1, 0.15) is 16.9 Å². The number of nitrogens with zero attached hydrogens (tertiary/aromatic N) is 1. The Balaban J connectivity index is 0.00000243. The normalized spacial score (nSPS) is 16.9. The highest BCUT2D eigenvalue weighted by Gasteiger charge is 2.30. The lowest BCUT2D eigenvalue weighted by molar-refractivity contribution is -0.138. The first-order valence-electron chi connectivity index (χ1n) is 8.18. The Bertz CT molecular complexity index is 740. The molecule has 0 radical (unpaired) electrons. The van der Waals surface area contributed by atoms with Gasteiger partial charge in [-0.1, -0.05) is 35.9 Å². The number of halogens is 2. The molecule has 1 atom stereocenters. The van der Waals surface area contributed by atoms with E-state index in [0.717, 1.165) is 10.4 Å². The van der Waals surface area contributed by atoms with Crippen LogP contribution in [0.15, 0.2) is 41.8 Å². The zero-order valence-electron chi connectivity index (χ0n) is 14.1. The van der Waals surface area contributed by atoms with Crippen molar-refractivity contribution in [3.05, 3.63) is 57.2 Å². The molecule has 26 heavy (non-hydrogen) atoms. The first kappa shape index (κ1) is 20.7. The number of amides is 2. The van der Waals surface area contributed by atoms with Crippen molar-refractivity contribution >= 4 is 47.2 Å². The predicted molar refractivity (Wildman–Crippen MR) is 107 cm³/mol. The van der Waals surface area contributed by atoms with E-state index in [1.54, 1.807) is 16.2 Å². The van der Waals surface area contributed by atoms with E-state index in [0.29, 0.717) is 31.2 Å². The Kier molecular flexibility index (Phi) is 7.90. The van der Waals surface area contributed by atoms with Crippen LogP contribution in [0.3, 0.4) is 0 Å². The minimum atomic E-state index is -0.487. The lowest BCUT2D eigenvalue weighted by Gasteiger charge is -2.33. The molecule has 1 saturated heterocycles. The van der Waals surface area contributed by atoms with Crippen molar-refractivity contribution in [3.8, 4) is 0 Å². The number of piperazine rings is 1. The molecule has 1 aliphatic heterocycles. The van der Waals surface area contributed by atoms with Crippen LogP contribution in [-0.4, -0.2) is 35.8 Å². The Morgan fingerprint density at radius 2 is 2.12 bits per heavy atom. The fraction of sp³-hybridized carbons (Fsp3) is 0.333. The van der Waals surface area contributed by atoms with E-state index < -0.39 is 6.04 Å². The molecule has 0 bridgehead atoms. The van der Waals surface area contributed by atoms with E-state index in [2.05, 4.69) is 10.6 Å². The number of carbonyl (C=O) groups excluding carboxylic acids is 2. The van der Waals surface area contributed by atoms with Gasteiger partial charge in [-0.2, -0.15) is 0 Å². The van der Waals surface area contributed by atoms with Crippen LogP contribution in [0.5, 0.6) is 0 Å². The van der Waals surface area contributed by atoms with E-state index in [9.17, 15) is 9.59 Å². The van der Waals surface area contributed by atoms with Crippen LogP contribution in [0.2, 0.25) is 5.02 Å². The van der Waals surface area contributed by atoms with Crippen LogP contribution in [0.25, 0.3) is 0 Å². The van der Waals surface area contributed by atoms with Gasteiger partial charge in [0.05, 0.1) is 19.0 Å². The van der Waals surface area contributed by atoms with Gasteiger partial charge >= 0.3 is 0 Å². The summed E-state index contributed by atoms with van der Waals surface area (Å²) in [6.45, 7) is 2.24. The second-order valence-electron chi connectivity index (χ2n) is 5.92. The summed E-state index contributed by atoms with van der Waals surface area (Å²) in [7, 11) is 0. The molecule has 2 amide bonds. The molecule has 1 unspecified atom stereocenters. The van der Waals surface area contributed by atoms with Gasteiger partial charge in [-0.05, 0) is 23.1 Å². The smallest absolute Gasteiger partial charge is 0.240 e. The molecule has 2 aromatic rings. The third kappa shape index (κ3) is 5.45. The number of carbonyl (C=O) groups is 2. The Labute approximate surface area is 168 Å². The van der Waals surface area contributed by atoms with Crippen molar-refractivity contribution < 1.29 is 9.59 Å². The standard InChI is InChI=1S/C18H20ClN3O2S.ClH/c19-15-6-2-1-4-13(15)12-22-8-7-20-16(18(22)24)10-17(23)21-11-14-5-3-9-25-14;/h1-6,9,16,20H,7-8,10-12H2,(H,21,23);1H. The van der Waals surface area contributed by atoms with E-state index in [1.165, 1.54) is 0 Å². The largest absolute Gasteiger partial charge is 0.351 e. The molecule has 140 valence electrons. The SMILES string of the molecule is Cl.O=C(CC1NCCN(Cc2ccccc2Cl)C1=O)NCc1cccs1. The van der Waals surface area contributed by atoms with Gasteiger partial charge in [-0.25, -0.2) is 0 Å². The van der Waals surface area contributed by atoms with E-state index in [4.69, 9.17) is 11.6 Å². The number of hydrogen-bond acceptors (Lipinski definition) is 4. The van der Waals surface area contributed by atoms with Crippen LogP contribution >= 0.6 is 35.3 Å². The predicted octanol–water partition coefficient (Wildman–Crippen LogP) is 2.83. The molecule has 3 rings (SSSR count). The number of thiophene rings is 1. The summed E-state index contributed by atoms with van der Waals surface area (Å²) >= 11 is 7.78. The van der Waals surface area contributed by atoms with Gasteiger partial charge in [-0.3, -0.25) is 9.59 Å². The second-order valence-corrected chi connectivity index (χ2v) is 7.36. The van der Waals surface area contributed by atoms with E-state index in [1.807, 2.05) is 41.8 Å². The molecule has 2 N–H and O–H groups in total. The Hall–Kier alpha value is -1.60. The molecule has 1 aromatic heterocycles. The molecule has 5 nitrogen and oxygen atoms in total. The van der Waals surface area contributed by atoms with Gasteiger partial charge in [-0.15, -0.1) is 23.7 Å². The maximum Gasteiger partial charge on any atom is 0.240 e. The number of benzene rings is 1. The van der Waals surface area contributed by atoms with E-state index in [-0.39, 0.29) is 30.6 Å². The Morgan fingerprint density at radius 1 is 1.31 bits per heavy atom. The third-order valence-electron chi connectivity index (χ3n) is 4.13. The summed E-state index contributed by atoms with van der Waals surface area (Å²) in [5.74, 6) is -0.184. The van der Waals surface area contributed by atoms with Gasteiger partial charge in [0, 0.05) is 29.5 Å². The van der Waals surface area contributed by atoms with Crippen LogP contribution in [0.4, 0.5) is 0 Å².